The van der Waals surface area contributed by atoms with E-state index in [0.29, 0.717) is 19.5 Å². The Morgan fingerprint density at radius 2 is 2.11 bits per heavy atom. The van der Waals surface area contributed by atoms with Crippen LogP contribution in [0.1, 0.15) is 56.3 Å². The van der Waals surface area contributed by atoms with E-state index in [0.717, 1.165) is 28.9 Å². The second-order valence-corrected chi connectivity index (χ2v) is 8.86. The Hall–Kier alpha value is -2.41. The lowest BCUT2D eigenvalue weighted by molar-refractivity contribution is -0.116. The van der Waals surface area contributed by atoms with Crippen molar-refractivity contribution in [3.63, 3.8) is 0 Å². The quantitative estimate of drug-likeness (QED) is 0.530. The van der Waals surface area contributed by atoms with Gasteiger partial charge in [-0.1, -0.05) is 39.0 Å². The number of fused-ring (bicyclic) bond motifs is 1. The molecule has 0 fully saturated rings. The zero-order valence-electron chi connectivity index (χ0n) is 17.0. The SMILES string of the molecule is CCNC(=NCc1csc(C(C)(C)C)n1)NCC1CC(=O)Nc2ccccc21. The van der Waals surface area contributed by atoms with Crippen LogP contribution in [0.25, 0.3) is 0 Å². The molecule has 0 saturated heterocycles. The van der Waals surface area contributed by atoms with E-state index in [-0.39, 0.29) is 17.2 Å². The van der Waals surface area contributed by atoms with Crippen LogP contribution in [-0.2, 0) is 16.8 Å². The van der Waals surface area contributed by atoms with Gasteiger partial charge in [-0.3, -0.25) is 4.79 Å². The van der Waals surface area contributed by atoms with Crippen LogP contribution < -0.4 is 16.0 Å². The minimum Gasteiger partial charge on any atom is -0.357 e. The van der Waals surface area contributed by atoms with Crippen molar-refractivity contribution in [1.29, 1.82) is 0 Å². The van der Waals surface area contributed by atoms with Gasteiger partial charge in [0, 0.05) is 41.9 Å². The lowest BCUT2D eigenvalue weighted by Gasteiger charge is -2.26. The highest BCUT2D eigenvalue weighted by Gasteiger charge is 2.24. The number of nitrogens with zero attached hydrogens (tertiary/aromatic N) is 2. The van der Waals surface area contributed by atoms with Crippen LogP contribution in [0.5, 0.6) is 0 Å². The highest BCUT2D eigenvalue weighted by atomic mass is 32.1. The molecule has 1 amide bonds. The van der Waals surface area contributed by atoms with Crippen LogP contribution in [0.3, 0.4) is 0 Å². The van der Waals surface area contributed by atoms with Gasteiger partial charge in [-0.25, -0.2) is 9.98 Å². The number of carbonyl (C=O) groups is 1. The lowest BCUT2D eigenvalue weighted by atomic mass is 9.90. The Labute approximate surface area is 170 Å². The number of aliphatic imine (C=N–C) groups is 1. The van der Waals surface area contributed by atoms with E-state index in [1.165, 1.54) is 5.56 Å². The molecule has 1 aromatic heterocycles. The van der Waals surface area contributed by atoms with E-state index >= 15 is 0 Å². The number of para-hydroxylation sites is 1. The van der Waals surface area contributed by atoms with E-state index in [4.69, 9.17) is 4.98 Å². The second-order valence-electron chi connectivity index (χ2n) is 8.01. The first-order chi connectivity index (χ1) is 13.4. The van der Waals surface area contributed by atoms with Crippen molar-refractivity contribution in [1.82, 2.24) is 15.6 Å². The van der Waals surface area contributed by atoms with Gasteiger partial charge in [0.2, 0.25) is 5.91 Å². The number of hydrogen-bond acceptors (Lipinski definition) is 4. The fourth-order valence-corrected chi connectivity index (χ4v) is 4.03. The summed E-state index contributed by atoms with van der Waals surface area (Å²) in [5, 5.41) is 12.8. The molecule has 0 aliphatic carbocycles. The zero-order chi connectivity index (χ0) is 20.1. The zero-order valence-corrected chi connectivity index (χ0v) is 17.8. The molecule has 1 atom stereocenters. The van der Waals surface area contributed by atoms with Crippen molar-refractivity contribution in [3.8, 4) is 0 Å². The van der Waals surface area contributed by atoms with Gasteiger partial charge in [0.1, 0.15) is 0 Å². The Bertz CT molecular complexity index is 852. The standard InChI is InChI=1S/C21H29N5OS/c1-5-22-20(24-12-15-13-28-19(25-15)21(2,3)4)23-11-14-10-18(27)26-17-9-7-6-8-16(14)17/h6-9,13-14H,5,10-12H2,1-4H3,(H,26,27)(H2,22,23,24). The Morgan fingerprint density at radius 1 is 1.32 bits per heavy atom. The minimum absolute atomic E-state index is 0.0598. The van der Waals surface area contributed by atoms with Crippen LogP contribution in [0.2, 0.25) is 0 Å². The molecule has 1 aliphatic heterocycles. The third-order valence-corrected chi connectivity index (χ3v) is 5.88. The van der Waals surface area contributed by atoms with E-state index in [9.17, 15) is 4.79 Å². The van der Waals surface area contributed by atoms with E-state index in [2.05, 4.69) is 53.2 Å². The predicted molar refractivity (Wildman–Crippen MR) is 116 cm³/mol. The first-order valence-corrected chi connectivity index (χ1v) is 10.6. The first-order valence-electron chi connectivity index (χ1n) is 9.72. The largest absolute Gasteiger partial charge is 0.357 e. The number of anilines is 1. The molecular formula is C21H29N5OS. The number of nitrogens with one attached hydrogen (secondary N) is 3. The van der Waals surface area contributed by atoms with E-state index in [1.54, 1.807) is 11.3 Å². The van der Waals surface area contributed by atoms with Gasteiger partial charge < -0.3 is 16.0 Å². The van der Waals surface area contributed by atoms with Crippen molar-refractivity contribution in [3.05, 3.63) is 45.9 Å². The fraction of sp³-hybridized carbons (Fsp3) is 0.476. The Kier molecular flexibility index (Phi) is 6.34. The smallest absolute Gasteiger partial charge is 0.225 e. The van der Waals surface area contributed by atoms with Gasteiger partial charge in [0.25, 0.3) is 0 Å². The molecule has 1 aromatic carbocycles. The number of rotatable bonds is 5. The lowest BCUT2D eigenvalue weighted by Crippen LogP contribution is -2.40. The molecule has 6 nitrogen and oxygen atoms in total. The summed E-state index contributed by atoms with van der Waals surface area (Å²) in [7, 11) is 0. The van der Waals surface area contributed by atoms with Gasteiger partial charge >= 0.3 is 0 Å². The minimum atomic E-state index is 0.0598. The van der Waals surface area contributed by atoms with E-state index < -0.39 is 0 Å². The average molecular weight is 400 g/mol. The van der Waals surface area contributed by atoms with Gasteiger partial charge in [-0.2, -0.15) is 0 Å². The third kappa shape index (κ3) is 5.10. The van der Waals surface area contributed by atoms with Crippen LogP contribution >= 0.6 is 11.3 Å². The number of benzene rings is 1. The number of aromatic nitrogens is 1. The highest BCUT2D eigenvalue weighted by molar-refractivity contribution is 7.09. The molecule has 3 rings (SSSR count). The molecule has 0 bridgehead atoms. The number of hydrogen-bond donors (Lipinski definition) is 3. The molecule has 2 aromatic rings. The normalized spacial score (nSPS) is 17.1. The highest BCUT2D eigenvalue weighted by Crippen LogP contribution is 2.31. The van der Waals surface area contributed by atoms with Crippen molar-refractivity contribution < 1.29 is 4.79 Å². The summed E-state index contributed by atoms with van der Waals surface area (Å²) in [6.07, 6.45) is 0.477. The average Bonchev–Trinajstić information content (AvgIpc) is 3.13. The molecule has 0 spiro atoms. The maximum Gasteiger partial charge on any atom is 0.225 e. The first kappa shape index (κ1) is 20.3. The van der Waals surface area contributed by atoms with Gasteiger partial charge in [0.15, 0.2) is 5.96 Å². The topological polar surface area (TPSA) is 78.4 Å². The van der Waals surface area contributed by atoms with Gasteiger partial charge in [-0.15, -0.1) is 11.3 Å². The summed E-state index contributed by atoms with van der Waals surface area (Å²) in [6, 6.07) is 7.99. The number of thiazole rings is 1. The molecule has 1 aliphatic rings. The van der Waals surface area contributed by atoms with Crippen molar-refractivity contribution in [2.24, 2.45) is 4.99 Å². The maximum atomic E-state index is 12.0. The molecule has 7 heteroatoms. The van der Waals surface area contributed by atoms with Gasteiger partial charge in [-0.05, 0) is 18.6 Å². The molecule has 150 valence electrons. The summed E-state index contributed by atoms with van der Waals surface area (Å²) in [5.41, 5.74) is 3.11. The number of carbonyl (C=O) groups excluding carboxylic acids is 1. The fourth-order valence-electron chi connectivity index (χ4n) is 3.13. The van der Waals surface area contributed by atoms with Gasteiger partial charge in [0.05, 0.1) is 17.2 Å². The Balaban J connectivity index is 1.66. The van der Waals surface area contributed by atoms with Crippen LogP contribution in [-0.4, -0.2) is 29.9 Å². The van der Waals surface area contributed by atoms with Crippen molar-refractivity contribution in [2.75, 3.05) is 18.4 Å². The molecule has 28 heavy (non-hydrogen) atoms. The molecule has 1 unspecified atom stereocenters. The number of amides is 1. The summed E-state index contributed by atoms with van der Waals surface area (Å²) in [5.74, 6) is 0.932. The predicted octanol–water partition coefficient (Wildman–Crippen LogP) is 3.62. The summed E-state index contributed by atoms with van der Waals surface area (Å²) in [6.45, 7) is 10.5. The van der Waals surface area contributed by atoms with Crippen LogP contribution in [0.15, 0.2) is 34.6 Å². The third-order valence-electron chi connectivity index (χ3n) is 4.56. The van der Waals surface area contributed by atoms with Crippen molar-refractivity contribution in [2.45, 2.75) is 52.0 Å². The summed E-state index contributed by atoms with van der Waals surface area (Å²) >= 11 is 1.68. The molecule has 0 radical (unpaired) electrons. The Morgan fingerprint density at radius 3 is 2.82 bits per heavy atom. The van der Waals surface area contributed by atoms with Crippen LogP contribution in [0, 0.1) is 0 Å². The molecule has 3 N–H and O–H groups in total. The molecule has 0 saturated carbocycles. The van der Waals surface area contributed by atoms with E-state index in [1.807, 2.05) is 25.1 Å². The maximum absolute atomic E-state index is 12.0. The second kappa shape index (κ2) is 8.73. The number of guanidine groups is 1. The molecular weight excluding hydrogens is 370 g/mol. The monoisotopic (exact) mass is 399 g/mol. The van der Waals surface area contributed by atoms with Crippen molar-refractivity contribution >= 4 is 28.9 Å². The summed E-state index contributed by atoms with van der Waals surface area (Å²) in [4.78, 5) is 21.4. The summed E-state index contributed by atoms with van der Waals surface area (Å²) < 4.78 is 0. The molecule has 2 heterocycles. The van der Waals surface area contributed by atoms with Crippen LogP contribution in [0.4, 0.5) is 5.69 Å².